The molecule has 1 amide bonds. The van der Waals surface area contributed by atoms with Crippen molar-refractivity contribution in [2.45, 2.75) is 44.2 Å². The molecule has 0 spiro atoms. The number of methoxy groups -OCH3 is 1. The Hall–Kier alpha value is -2.86. The number of ketones is 1. The summed E-state index contributed by atoms with van der Waals surface area (Å²) in [6, 6.07) is 9.35. The molecule has 1 unspecified atom stereocenters. The zero-order chi connectivity index (χ0) is 21.3. The van der Waals surface area contributed by atoms with Gasteiger partial charge in [0.05, 0.1) is 23.4 Å². The molecule has 1 aliphatic carbocycles. The molecule has 1 aromatic heterocycles. The summed E-state index contributed by atoms with van der Waals surface area (Å²) in [7, 11) is 1.50. The molecule has 2 aliphatic rings. The van der Waals surface area contributed by atoms with Gasteiger partial charge in [-0.1, -0.05) is 36.9 Å². The van der Waals surface area contributed by atoms with E-state index in [0.29, 0.717) is 22.0 Å². The van der Waals surface area contributed by atoms with Gasteiger partial charge < -0.3 is 14.7 Å². The van der Waals surface area contributed by atoms with Gasteiger partial charge in [0.2, 0.25) is 0 Å². The lowest BCUT2D eigenvalue weighted by Crippen LogP contribution is -2.40. The van der Waals surface area contributed by atoms with Gasteiger partial charge in [-0.3, -0.25) is 14.6 Å². The number of aliphatic hydroxyl groups excluding tert-OH is 1. The van der Waals surface area contributed by atoms with Crippen LogP contribution in [0.15, 0.2) is 48.2 Å². The van der Waals surface area contributed by atoms with Crippen LogP contribution < -0.4 is 4.74 Å². The number of Topliss-reactive ketones (excluding diaryl/α,β-unsaturated/α-hetero) is 1. The maximum Gasteiger partial charge on any atom is 0.295 e. The molecule has 1 N–H and O–H groups in total. The first kappa shape index (κ1) is 20.4. The van der Waals surface area contributed by atoms with Crippen molar-refractivity contribution < 1.29 is 19.4 Å². The summed E-state index contributed by atoms with van der Waals surface area (Å²) >= 11 is 6.22. The Morgan fingerprint density at radius 2 is 1.93 bits per heavy atom. The number of hydrogen-bond acceptors (Lipinski definition) is 5. The molecule has 0 bridgehead atoms. The van der Waals surface area contributed by atoms with E-state index in [1.165, 1.54) is 13.2 Å². The Balaban J connectivity index is 1.85. The molecular formula is C23H23ClN2O4. The molecule has 30 heavy (non-hydrogen) atoms. The van der Waals surface area contributed by atoms with Gasteiger partial charge in [0, 0.05) is 17.8 Å². The van der Waals surface area contributed by atoms with Crippen LogP contribution in [0.25, 0.3) is 5.76 Å². The summed E-state index contributed by atoms with van der Waals surface area (Å²) in [4.78, 5) is 32.2. The van der Waals surface area contributed by atoms with Crippen molar-refractivity contribution in [1.29, 1.82) is 0 Å². The Morgan fingerprint density at radius 1 is 1.17 bits per heavy atom. The van der Waals surface area contributed by atoms with Crippen LogP contribution in [0.3, 0.4) is 0 Å². The van der Waals surface area contributed by atoms with Crippen LogP contribution in [0, 0.1) is 0 Å². The number of hydrogen-bond donors (Lipinski definition) is 1. The Morgan fingerprint density at radius 3 is 2.57 bits per heavy atom. The molecule has 1 atom stereocenters. The number of aromatic nitrogens is 1. The average Bonchev–Trinajstić information content (AvgIpc) is 3.05. The highest BCUT2D eigenvalue weighted by molar-refractivity contribution is 6.46. The maximum atomic E-state index is 13.1. The number of aliphatic hydroxyl groups is 1. The van der Waals surface area contributed by atoms with E-state index in [0.717, 1.165) is 32.1 Å². The SMILES string of the molecule is COc1ccc(/C(O)=C2/C(=O)C(=O)N(C3CCCCC3)C2c2ccccn2)cc1Cl. The van der Waals surface area contributed by atoms with Crippen LogP contribution in [0.4, 0.5) is 0 Å². The van der Waals surface area contributed by atoms with Crippen LogP contribution >= 0.6 is 11.6 Å². The summed E-state index contributed by atoms with van der Waals surface area (Å²) in [5, 5.41) is 11.4. The molecule has 1 saturated heterocycles. The van der Waals surface area contributed by atoms with Gasteiger partial charge in [-0.25, -0.2) is 0 Å². The minimum absolute atomic E-state index is 0.0468. The first-order valence-corrected chi connectivity index (χ1v) is 10.5. The van der Waals surface area contributed by atoms with Crippen molar-refractivity contribution in [3.05, 3.63) is 64.4 Å². The molecule has 0 radical (unpaired) electrons. The molecule has 1 aromatic carbocycles. The second-order valence-electron chi connectivity index (χ2n) is 7.60. The molecule has 1 saturated carbocycles. The number of halogens is 1. The zero-order valence-corrected chi connectivity index (χ0v) is 17.4. The van der Waals surface area contributed by atoms with Crippen LogP contribution in [-0.2, 0) is 9.59 Å². The molecule has 156 valence electrons. The predicted octanol–water partition coefficient (Wildman–Crippen LogP) is 4.50. The number of carbonyl (C=O) groups is 2. The second-order valence-corrected chi connectivity index (χ2v) is 8.01. The molecular weight excluding hydrogens is 404 g/mol. The van der Waals surface area contributed by atoms with Crippen molar-refractivity contribution in [3.63, 3.8) is 0 Å². The normalized spacial score (nSPS) is 21.8. The summed E-state index contributed by atoms with van der Waals surface area (Å²) in [5.74, 6) is -1.08. The molecule has 7 heteroatoms. The molecule has 1 aliphatic heterocycles. The molecule has 6 nitrogen and oxygen atoms in total. The van der Waals surface area contributed by atoms with Crippen LogP contribution in [-0.4, -0.2) is 39.8 Å². The zero-order valence-electron chi connectivity index (χ0n) is 16.7. The molecule has 4 rings (SSSR count). The number of likely N-dealkylation sites (tertiary alicyclic amines) is 1. The first-order chi connectivity index (χ1) is 14.5. The Kier molecular flexibility index (Phi) is 5.77. The van der Waals surface area contributed by atoms with Crippen molar-refractivity contribution >= 4 is 29.1 Å². The lowest BCUT2D eigenvalue weighted by atomic mass is 9.92. The molecule has 2 fully saturated rings. The number of rotatable bonds is 4. The number of nitrogens with zero attached hydrogens (tertiary/aromatic N) is 2. The minimum Gasteiger partial charge on any atom is -0.507 e. The van der Waals surface area contributed by atoms with E-state index in [9.17, 15) is 14.7 Å². The summed E-state index contributed by atoms with van der Waals surface area (Å²) in [5.41, 5.74) is 0.956. The van der Waals surface area contributed by atoms with E-state index in [2.05, 4.69) is 4.98 Å². The smallest absolute Gasteiger partial charge is 0.295 e. The Labute approximate surface area is 180 Å². The number of pyridine rings is 1. The van der Waals surface area contributed by atoms with E-state index in [1.54, 1.807) is 35.4 Å². The standard InChI is InChI=1S/C23H23ClN2O4/c1-30-18-11-10-14(13-16(18)24)21(27)19-20(17-9-5-6-12-25-17)26(23(29)22(19)28)15-7-3-2-4-8-15/h5-6,9-13,15,20,27H,2-4,7-8H2,1H3/b21-19-. The van der Waals surface area contributed by atoms with Gasteiger partial charge in [-0.15, -0.1) is 0 Å². The molecule has 2 heterocycles. The molecule has 2 aromatic rings. The summed E-state index contributed by atoms with van der Waals surface area (Å²) in [6.45, 7) is 0. The van der Waals surface area contributed by atoms with E-state index < -0.39 is 17.7 Å². The van der Waals surface area contributed by atoms with E-state index >= 15 is 0 Å². The lowest BCUT2D eigenvalue weighted by molar-refractivity contribution is -0.141. The lowest BCUT2D eigenvalue weighted by Gasteiger charge is -2.35. The Bertz CT molecular complexity index is 1000. The van der Waals surface area contributed by atoms with Gasteiger partial charge in [0.25, 0.3) is 11.7 Å². The predicted molar refractivity (Wildman–Crippen MR) is 113 cm³/mol. The van der Waals surface area contributed by atoms with E-state index in [1.807, 2.05) is 6.07 Å². The topological polar surface area (TPSA) is 79.7 Å². The van der Waals surface area contributed by atoms with Crippen LogP contribution in [0.2, 0.25) is 5.02 Å². The van der Waals surface area contributed by atoms with Gasteiger partial charge in [0.1, 0.15) is 17.6 Å². The average molecular weight is 427 g/mol. The number of amides is 1. The number of carbonyl (C=O) groups excluding carboxylic acids is 2. The fraction of sp³-hybridized carbons (Fsp3) is 0.348. The van der Waals surface area contributed by atoms with Crippen molar-refractivity contribution in [1.82, 2.24) is 9.88 Å². The third-order valence-electron chi connectivity index (χ3n) is 5.84. The minimum atomic E-state index is -0.727. The number of ether oxygens (including phenoxy) is 1. The van der Waals surface area contributed by atoms with Gasteiger partial charge in [-0.05, 0) is 43.2 Å². The van der Waals surface area contributed by atoms with E-state index in [-0.39, 0.29) is 17.4 Å². The van der Waals surface area contributed by atoms with Crippen molar-refractivity contribution in [2.24, 2.45) is 0 Å². The third-order valence-corrected chi connectivity index (χ3v) is 6.14. The monoisotopic (exact) mass is 426 g/mol. The summed E-state index contributed by atoms with van der Waals surface area (Å²) < 4.78 is 5.16. The highest BCUT2D eigenvalue weighted by Gasteiger charge is 2.49. The van der Waals surface area contributed by atoms with Crippen molar-refractivity contribution in [3.8, 4) is 5.75 Å². The first-order valence-electron chi connectivity index (χ1n) is 10.1. The van der Waals surface area contributed by atoms with Crippen LogP contribution in [0.5, 0.6) is 5.75 Å². The summed E-state index contributed by atoms with van der Waals surface area (Å²) in [6.07, 6.45) is 6.45. The highest BCUT2D eigenvalue weighted by atomic mass is 35.5. The van der Waals surface area contributed by atoms with E-state index in [4.69, 9.17) is 16.3 Å². The number of benzene rings is 1. The maximum absolute atomic E-state index is 13.1. The van der Waals surface area contributed by atoms with Crippen LogP contribution in [0.1, 0.15) is 49.4 Å². The fourth-order valence-electron chi connectivity index (χ4n) is 4.38. The fourth-order valence-corrected chi connectivity index (χ4v) is 4.64. The quantitative estimate of drug-likeness (QED) is 0.442. The van der Waals surface area contributed by atoms with Crippen molar-refractivity contribution in [2.75, 3.05) is 7.11 Å². The third kappa shape index (κ3) is 3.56. The second kappa shape index (κ2) is 8.48. The largest absolute Gasteiger partial charge is 0.507 e. The van der Waals surface area contributed by atoms with Gasteiger partial charge in [-0.2, -0.15) is 0 Å². The highest BCUT2D eigenvalue weighted by Crippen LogP contribution is 2.42. The van der Waals surface area contributed by atoms with Gasteiger partial charge in [0.15, 0.2) is 0 Å². The van der Waals surface area contributed by atoms with Gasteiger partial charge >= 0.3 is 0 Å².